The van der Waals surface area contributed by atoms with Crippen LogP contribution in [0.4, 0.5) is 0 Å². The molecule has 0 aromatic heterocycles. The van der Waals surface area contributed by atoms with Crippen molar-refractivity contribution >= 4 is 0 Å². The Hall–Kier alpha value is -0.440. The van der Waals surface area contributed by atoms with Crippen LogP contribution in [-0.2, 0) is 0 Å². The molecule has 0 saturated heterocycles. The van der Waals surface area contributed by atoms with E-state index in [1.165, 1.54) is 25.7 Å². The summed E-state index contributed by atoms with van der Waals surface area (Å²) in [7, 11) is 0. The Labute approximate surface area is 90.5 Å². The van der Waals surface area contributed by atoms with Gasteiger partial charge in [-0.2, -0.15) is 0 Å². The van der Waals surface area contributed by atoms with E-state index in [2.05, 4.69) is 53.4 Å². The van der Waals surface area contributed by atoms with E-state index < -0.39 is 0 Å². The van der Waals surface area contributed by atoms with Crippen LogP contribution < -0.4 is 0 Å². The normalized spacial score (nSPS) is 12.1. The van der Waals surface area contributed by atoms with Crippen LogP contribution in [0.3, 0.4) is 0 Å². The fourth-order valence-corrected chi connectivity index (χ4v) is 1.71. The first-order valence-corrected chi connectivity index (χ1v) is 5.87. The Kier molecular flexibility index (Phi) is 5.27. The van der Waals surface area contributed by atoms with Gasteiger partial charge >= 0.3 is 0 Å². The third-order valence-electron chi connectivity index (χ3n) is 2.49. The van der Waals surface area contributed by atoms with Crippen LogP contribution >= 0.6 is 0 Å². The van der Waals surface area contributed by atoms with Crippen molar-refractivity contribution in [3.63, 3.8) is 0 Å². The molecule has 0 aliphatic heterocycles. The standard InChI is InChI=1S/C14H26/c1-7-9-13(3,4)11-12-14(5,6)10-8-2/h7-10H2,1-6H3. The molecule has 0 aliphatic carbocycles. The fraction of sp³-hybridized carbons (Fsp3) is 0.857. The quantitative estimate of drug-likeness (QED) is 0.572. The highest BCUT2D eigenvalue weighted by atomic mass is 14.2. The second kappa shape index (κ2) is 5.44. The average molecular weight is 194 g/mol. The van der Waals surface area contributed by atoms with E-state index >= 15 is 0 Å². The van der Waals surface area contributed by atoms with Gasteiger partial charge in [0.15, 0.2) is 0 Å². The van der Waals surface area contributed by atoms with Gasteiger partial charge in [0.25, 0.3) is 0 Å². The molecular weight excluding hydrogens is 168 g/mol. The molecule has 0 N–H and O–H groups in total. The minimum atomic E-state index is 0.194. The summed E-state index contributed by atoms with van der Waals surface area (Å²) in [4.78, 5) is 0. The molecule has 0 rings (SSSR count). The van der Waals surface area contributed by atoms with Gasteiger partial charge in [0.1, 0.15) is 0 Å². The topological polar surface area (TPSA) is 0 Å². The van der Waals surface area contributed by atoms with Crippen LogP contribution in [0.2, 0.25) is 0 Å². The highest BCUT2D eigenvalue weighted by Gasteiger charge is 2.16. The zero-order chi connectivity index (χ0) is 11.2. The van der Waals surface area contributed by atoms with Gasteiger partial charge in [-0.15, -0.1) is 0 Å². The molecule has 0 aromatic rings. The predicted molar refractivity (Wildman–Crippen MR) is 65.2 cm³/mol. The molecule has 0 fully saturated rings. The van der Waals surface area contributed by atoms with Gasteiger partial charge in [0.05, 0.1) is 0 Å². The molecule has 0 saturated carbocycles. The van der Waals surface area contributed by atoms with Crippen molar-refractivity contribution < 1.29 is 0 Å². The highest BCUT2D eigenvalue weighted by molar-refractivity contribution is 5.14. The van der Waals surface area contributed by atoms with Crippen LogP contribution in [0, 0.1) is 22.7 Å². The first-order chi connectivity index (χ1) is 6.33. The van der Waals surface area contributed by atoms with Crippen molar-refractivity contribution in [1.82, 2.24) is 0 Å². The lowest BCUT2D eigenvalue weighted by Gasteiger charge is -2.20. The molecule has 0 bridgehead atoms. The SMILES string of the molecule is CCCC(C)(C)C#CC(C)(C)CCC. The van der Waals surface area contributed by atoms with Crippen molar-refractivity contribution in [3.8, 4) is 11.8 Å². The van der Waals surface area contributed by atoms with Crippen molar-refractivity contribution in [3.05, 3.63) is 0 Å². The zero-order valence-electron chi connectivity index (χ0n) is 10.8. The maximum Gasteiger partial charge on any atom is 0.0258 e. The van der Waals surface area contributed by atoms with E-state index in [1.807, 2.05) is 0 Å². The van der Waals surface area contributed by atoms with Crippen LogP contribution in [0.1, 0.15) is 67.2 Å². The van der Waals surface area contributed by atoms with Gasteiger partial charge in [0.2, 0.25) is 0 Å². The van der Waals surface area contributed by atoms with E-state index in [1.54, 1.807) is 0 Å². The summed E-state index contributed by atoms with van der Waals surface area (Å²) in [5.74, 6) is 6.87. The molecule has 82 valence electrons. The molecule has 0 atom stereocenters. The van der Waals surface area contributed by atoms with Gasteiger partial charge in [0, 0.05) is 10.8 Å². The molecule has 0 spiro atoms. The van der Waals surface area contributed by atoms with Crippen molar-refractivity contribution in [2.24, 2.45) is 10.8 Å². The predicted octanol–water partition coefficient (Wildman–Crippen LogP) is 4.64. The summed E-state index contributed by atoms with van der Waals surface area (Å²) in [5.41, 5.74) is 0.388. The van der Waals surface area contributed by atoms with E-state index in [9.17, 15) is 0 Å². The molecule has 0 nitrogen and oxygen atoms in total. The number of hydrogen-bond donors (Lipinski definition) is 0. The van der Waals surface area contributed by atoms with E-state index in [0.717, 1.165) is 0 Å². The summed E-state index contributed by atoms with van der Waals surface area (Å²) in [6, 6.07) is 0. The average Bonchev–Trinajstić information content (AvgIpc) is 2.01. The molecule has 0 heterocycles. The Balaban J connectivity index is 4.39. The van der Waals surface area contributed by atoms with Crippen LogP contribution in [0.25, 0.3) is 0 Å². The summed E-state index contributed by atoms with van der Waals surface area (Å²) < 4.78 is 0. The van der Waals surface area contributed by atoms with Crippen molar-refractivity contribution in [2.75, 3.05) is 0 Å². The van der Waals surface area contributed by atoms with Crippen LogP contribution in [-0.4, -0.2) is 0 Å². The molecule has 0 aliphatic rings. The van der Waals surface area contributed by atoms with Crippen LogP contribution in [0.5, 0.6) is 0 Å². The minimum absolute atomic E-state index is 0.194. The Morgan fingerprint density at radius 3 is 1.21 bits per heavy atom. The first-order valence-electron chi connectivity index (χ1n) is 5.87. The Bertz CT molecular complexity index is 188. The van der Waals surface area contributed by atoms with Gasteiger partial charge in [-0.3, -0.25) is 0 Å². The number of rotatable bonds is 4. The molecule has 0 radical (unpaired) electrons. The van der Waals surface area contributed by atoms with Crippen molar-refractivity contribution in [1.29, 1.82) is 0 Å². The lowest BCUT2D eigenvalue weighted by atomic mass is 9.84. The van der Waals surface area contributed by atoms with Gasteiger partial charge in [-0.05, 0) is 40.5 Å². The maximum atomic E-state index is 3.44. The minimum Gasteiger partial charge on any atom is -0.0965 e. The first kappa shape index (κ1) is 13.6. The molecule has 0 aromatic carbocycles. The van der Waals surface area contributed by atoms with Crippen molar-refractivity contribution in [2.45, 2.75) is 67.2 Å². The Morgan fingerprint density at radius 2 is 1.00 bits per heavy atom. The Morgan fingerprint density at radius 1 is 0.714 bits per heavy atom. The lowest BCUT2D eigenvalue weighted by Crippen LogP contribution is -2.12. The monoisotopic (exact) mass is 194 g/mol. The zero-order valence-corrected chi connectivity index (χ0v) is 10.8. The third kappa shape index (κ3) is 6.08. The summed E-state index contributed by atoms with van der Waals surface area (Å²) >= 11 is 0. The van der Waals surface area contributed by atoms with E-state index in [0.29, 0.717) is 0 Å². The van der Waals surface area contributed by atoms with Gasteiger partial charge in [-0.25, -0.2) is 0 Å². The summed E-state index contributed by atoms with van der Waals surface area (Å²) in [6.45, 7) is 13.4. The fourth-order valence-electron chi connectivity index (χ4n) is 1.71. The number of hydrogen-bond acceptors (Lipinski definition) is 0. The van der Waals surface area contributed by atoms with Crippen LogP contribution in [0.15, 0.2) is 0 Å². The molecule has 0 unspecified atom stereocenters. The molecule has 0 heteroatoms. The summed E-state index contributed by atoms with van der Waals surface area (Å²) in [6.07, 6.45) is 4.83. The largest absolute Gasteiger partial charge is 0.0965 e. The molecular formula is C14H26. The maximum absolute atomic E-state index is 3.44. The second-order valence-corrected chi connectivity index (χ2v) is 5.52. The third-order valence-corrected chi connectivity index (χ3v) is 2.49. The summed E-state index contributed by atoms with van der Waals surface area (Å²) in [5, 5.41) is 0. The molecule has 0 amide bonds. The van der Waals surface area contributed by atoms with E-state index in [4.69, 9.17) is 0 Å². The second-order valence-electron chi connectivity index (χ2n) is 5.52. The lowest BCUT2D eigenvalue weighted by molar-refractivity contribution is 0.431. The van der Waals surface area contributed by atoms with Gasteiger partial charge in [-0.1, -0.05) is 38.5 Å². The highest BCUT2D eigenvalue weighted by Crippen LogP contribution is 2.25. The van der Waals surface area contributed by atoms with Gasteiger partial charge < -0.3 is 0 Å². The van der Waals surface area contributed by atoms with E-state index in [-0.39, 0.29) is 10.8 Å². The molecule has 14 heavy (non-hydrogen) atoms. The smallest absolute Gasteiger partial charge is 0.0258 e.